The number of nitrogens with one attached hydrogen (secondary N) is 6. The SMILES string of the molecule is CC(C)C[C@H](NC(=O)[C@@H](NC(=O)CNC(=O)[C@@H]1CCCN1C(=O)[C@@H](NC(=O)[C@@H](N)CO)C(C)C)C(C)C)C(=O)N[C@@H](CCCN=C(N)N)C(=O)N[C@@H](Cc1ccccc1)C(=O)O. The van der Waals surface area contributed by atoms with Crippen molar-refractivity contribution in [3.8, 4) is 0 Å². The predicted molar refractivity (Wildman–Crippen MR) is 229 cm³/mol. The molecule has 0 bridgehead atoms. The van der Waals surface area contributed by atoms with Crippen molar-refractivity contribution in [3.05, 3.63) is 35.9 Å². The van der Waals surface area contributed by atoms with E-state index >= 15 is 0 Å². The van der Waals surface area contributed by atoms with Crippen molar-refractivity contribution in [3.63, 3.8) is 0 Å². The predicted octanol–water partition coefficient (Wildman–Crippen LogP) is -2.42. The van der Waals surface area contributed by atoms with Gasteiger partial charge in [0.1, 0.15) is 42.3 Å². The number of carboxylic acid groups (broad SMARTS) is 1. The van der Waals surface area contributed by atoms with Crippen LogP contribution in [0.3, 0.4) is 0 Å². The molecular formula is C41H67N11O10. The maximum absolute atomic E-state index is 13.9. The zero-order chi connectivity index (χ0) is 46.7. The third kappa shape index (κ3) is 17.3. The number of aliphatic carboxylic acids is 1. The van der Waals surface area contributed by atoms with Crippen LogP contribution in [0.2, 0.25) is 0 Å². The summed E-state index contributed by atoms with van der Waals surface area (Å²) in [7, 11) is 0. The highest BCUT2D eigenvalue weighted by Gasteiger charge is 2.39. The number of aliphatic hydroxyl groups is 1. The zero-order valence-electron chi connectivity index (χ0n) is 36.5. The Morgan fingerprint density at radius 2 is 1.39 bits per heavy atom. The molecule has 1 aromatic carbocycles. The Morgan fingerprint density at radius 1 is 0.790 bits per heavy atom. The largest absolute Gasteiger partial charge is 0.480 e. The van der Waals surface area contributed by atoms with Crippen molar-refractivity contribution in [2.45, 2.75) is 122 Å². The molecule has 1 aromatic rings. The third-order valence-corrected chi connectivity index (χ3v) is 10.1. The van der Waals surface area contributed by atoms with Gasteiger partial charge < -0.3 is 64.2 Å². The lowest BCUT2D eigenvalue weighted by Gasteiger charge is -2.31. The molecule has 0 unspecified atom stereocenters. The topological polar surface area (TPSA) is 343 Å². The molecule has 21 heteroatoms. The molecule has 1 saturated heterocycles. The lowest BCUT2D eigenvalue weighted by Crippen LogP contribution is -2.59. The molecule has 2 rings (SSSR count). The first-order valence-corrected chi connectivity index (χ1v) is 20.9. The number of rotatable bonds is 25. The molecule has 0 radical (unpaired) electrons. The summed E-state index contributed by atoms with van der Waals surface area (Å²) in [5, 5.41) is 34.7. The second kappa shape index (κ2) is 25.8. The Labute approximate surface area is 362 Å². The first kappa shape index (κ1) is 52.3. The van der Waals surface area contributed by atoms with Gasteiger partial charge in [0, 0.05) is 19.5 Å². The van der Waals surface area contributed by atoms with Gasteiger partial charge in [-0.15, -0.1) is 0 Å². The molecule has 7 amide bonds. The van der Waals surface area contributed by atoms with Gasteiger partial charge >= 0.3 is 5.97 Å². The van der Waals surface area contributed by atoms with E-state index < -0.39 is 109 Å². The highest BCUT2D eigenvalue weighted by atomic mass is 16.4. The van der Waals surface area contributed by atoms with E-state index in [2.05, 4.69) is 36.9 Å². The number of aliphatic imine (C=N–C) groups is 1. The maximum Gasteiger partial charge on any atom is 0.326 e. The number of amides is 7. The Morgan fingerprint density at radius 3 is 1.95 bits per heavy atom. The third-order valence-electron chi connectivity index (χ3n) is 10.1. The fourth-order valence-corrected chi connectivity index (χ4v) is 6.71. The fourth-order valence-electron chi connectivity index (χ4n) is 6.71. The van der Waals surface area contributed by atoms with Gasteiger partial charge in [0.15, 0.2) is 5.96 Å². The Bertz CT molecular complexity index is 1720. The molecule has 0 aromatic heterocycles. The van der Waals surface area contributed by atoms with Crippen LogP contribution in [0.25, 0.3) is 0 Å². The van der Waals surface area contributed by atoms with Crippen molar-refractivity contribution in [2.75, 3.05) is 26.2 Å². The summed E-state index contributed by atoms with van der Waals surface area (Å²) in [6, 6.07) is 0.605. The van der Waals surface area contributed by atoms with Crippen molar-refractivity contribution >= 4 is 53.3 Å². The highest BCUT2D eigenvalue weighted by Crippen LogP contribution is 2.21. The van der Waals surface area contributed by atoms with Crippen molar-refractivity contribution in [1.82, 2.24) is 36.8 Å². The zero-order valence-corrected chi connectivity index (χ0v) is 36.5. The van der Waals surface area contributed by atoms with Crippen molar-refractivity contribution in [2.24, 2.45) is 39.9 Å². The number of aliphatic hydroxyl groups excluding tert-OH is 1. The van der Waals surface area contributed by atoms with E-state index in [1.807, 2.05) is 13.8 Å². The number of carbonyl (C=O) groups excluding carboxylic acids is 7. The number of carboxylic acids is 1. The average Bonchev–Trinajstić information content (AvgIpc) is 3.71. The molecule has 1 aliphatic heterocycles. The van der Waals surface area contributed by atoms with Crippen molar-refractivity contribution in [1.29, 1.82) is 0 Å². The van der Waals surface area contributed by atoms with Crippen LogP contribution in [0, 0.1) is 17.8 Å². The van der Waals surface area contributed by atoms with E-state index in [9.17, 15) is 48.6 Å². The molecule has 1 aliphatic rings. The second-order valence-corrected chi connectivity index (χ2v) is 16.5. The van der Waals surface area contributed by atoms with Crippen LogP contribution < -0.4 is 49.1 Å². The second-order valence-electron chi connectivity index (χ2n) is 16.5. The van der Waals surface area contributed by atoms with Crippen LogP contribution in [0.5, 0.6) is 0 Å². The van der Waals surface area contributed by atoms with Crippen LogP contribution >= 0.6 is 0 Å². The number of hydrogen-bond acceptors (Lipinski definition) is 11. The minimum Gasteiger partial charge on any atom is -0.480 e. The lowest BCUT2D eigenvalue weighted by molar-refractivity contribution is -0.143. The van der Waals surface area contributed by atoms with Gasteiger partial charge in [-0.2, -0.15) is 0 Å². The molecule has 21 nitrogen and oxygen atoms in total. The van der Waals surface area contributed by atoms with E-state index in [1.165, 1.54) is 4.90 Å². The first-order chi connectivity index (χ1) is 29.2. The fraction of sp³-hybridized carbons (Fsp3) is 0.634. The van der Waals surface area contributed by atoms with E-state index in [-0.39, 0.29) is 56.6 Å². The molecule has 1 heterocycles. The van der Waals surface area contributed by atoms with Gasteiger partial charge in [-0.3, -0.25) is 38.6 Å². The number of benzene rings is 1. The van der Waals surface area contributed by atoms with Gasteiger partial charge in [0.05, 0.1) is 13.2 Å². The maximum atomic E-state index is 13.9. The van der Waals surface area contributed by atoms with E-state index in [0.717, 1.165) is 0 Å². The summed E-state index contributed by atoms with van der Waals surface area (Å²) < 4.78 is 0. The van der Waals surface area contributed by atoms with Crippen LogP contribution in [-0.2, 0) is 44.8 Å². The molecule has 0 saturated carbocycles. The molecule has 1 fully saturated rings. The first-order valence-electron chi connectivity index (χ1n) is 20.9. The van der Waals surface area contributed by atoms with Crippen LogP contribution in [-0.4, -0.2) is 137 Å². The van der Waals surface area contributed by atoms with E-state index in [4.69, 9.17) is 17.2 Å². The average molecular weight is 874 g/mol. The smallest absolute Gasteiger partial charge is 0.326 e. The Kier molecular flexibility index (Phi) is 21.8. The number of likely N-dealkylation sites (tertiary alicyclic amines) is 1. The highest BCUT2D eigenvalue weighted by molar-refractivity contribution is 5.97. The summed E-state index contributed by atoms with van der Waals surface area (Å²) in [5.41, 5.74) is 17.2. The minimum absolute atomic E-state index is 0.0183. The van der Waals surface area contributed by atoms with Gasteiger partial charge in [0.2, 0.25) is 41.4 Å². The summed E-state index contributed by atoms with van der Waals surface area (Å²) >= 11 is 0. The van der Waals surface area contributed by atoms with Crippen molar-refractivity contribution < 1.29 is 48.6 Å². The van der Waals surface area contributed by atoms with Gasteiger partial charge in [-0.25, -0.2) is 4.79 Å². The number of nitrogens with two attached hydrogens (primary N) is 3. The number of hydrogen-bond donors (Lipinski definition) is 11. The lowest BCUT2D eigenvalue weighted by atomic mass is 9.99. The van der Waals surface area contributed by atoms with Crippen LogP contribution in [0.4, 0.5) is 0 Å². The molecule has 14 N–H and O–H groups in total. The quantitative estimate of drug-likeness (QED) is 0.0277. The number of nitrogens with zero attached hydrogens (tertiary/aromatic N) is 2. The standard InChI is InChI=1S/C41H67N11O10/c1-22(2)18-28(36(57)47-27(14-10-16-45-41(43)44)35(56)49-29(40(61)62)19-25-12-8-7-9-13-25)48-38(59)32(23(3)4)50-31(54)20-46-37(58)30-15-11-17-52(30)39(60)33(24(5)6)51-34(55)26(42)21-53/h7-9,12-13,22-24,26-30,32-33,53H,10-11,14-21,42H2,1-6H3,(H,46,58)(H,47,57)(H,48,59)(H,49,56)(H,50,54)(H,51,55)(H,61,62)(H4,43,44,45)/t26-,27-,28-,29-,30-,32-,33-/m0/s1. The Hall–Kier alpha value is -5.83. The van der Waals surface area contributed by atoms with Gasteiger partial charge in [-0.05, 0) is 55.4 Å². The summed E-state index contributed by atoms with van der Waals surface area (Å²) in [5.74, 6) is -7.21. The van der Waals surface area contributed by atoms with Crippen LogP contribution in [0.15, 0.2) is 35.3 Å². The monoisotopic (exact) mass is 874 g/mol. The van der Waals surface area contributed by atoms with Gasteiger partial charge in [-0.1, -0.05) is 71.9 Å². The summed E-state index contributed by atoms with van der Waals surface area (Å²) in [6.07, 6.45) is 1.16. The summed E-state index contributed by atoms with van der Waals surface area (Å²) in [4.78, 5) is 111. The molecule has 0 spiro atoms. The number of guanidine groups is 1. The molecule has 62 heavy (non-hydrogen) atoms. The molecule has 0 aliphatic carbocycles. The molecule has 7 atom stereocenters. The Balaban J connectivity index is 2.16. The normalized spacial score (nSPS) is 16.6. The van der Waals surface area contributed by atoms with E-state index in [1.54, 1.807) is 58.0 Å². The molecule has 346 valence electrons. The number of carbonyl (C=O) groups is 8. The molecular weight excluding hydrogens is 807 g/mol. The summed E-state index contributed by atoms with van der Waals surface area (Å²) in [6.45, 7) is 9.60. The van der Waals surface area contributed by atoms with Crippen LogP contribution in [0.1, 0.15) is 79.2 Å². The van der Waals surface area contributed by atoms with Gasteiger partial charge in [0.25, 0.3) is 0 Å². The minimum atomic E-state index is -1.32. The van der Waals surface area contributed by atoms with E-state index in [0.29, 0.717) is 18.4 Å².